The Morgan fingerprint density at radius 3 is 2.53 bits per heavy atom. The summed E-state index contributed by atoms with van der Waals surface area (Å²) in [5.74, 6) is -2.82. The lowest BCUT2D eigenvalue weighted by molar-refractivity contribution is -0.103. The van der Waals surface area contributed by atoms with Crippen molar-refractivity contribution in [3.63, 3.8) is 0 Å². The SMILES string of the molecule is CC.Cc1cccc2c1COCC2(F)F. The molecule has 1 aromatic carbocycles. The van der Waals surface area contributed by atoms with Crippen LogP contribution in [0.15, 0.2) is 18.2 Å². The fourth-order valence-corrected chi connectivity index (χ4v) is 1.60. The Morgan fingerprint density at radius 1 is 1.27 bits per heavy atom. The van der Waals surface area contributed by atoms with Crippen LogP contribution >= 0.6 is 0 Å². The van der Waals surface area contributed by atoms with E-state index < -0.39 is 12.5 Å². The van der Waals surface area contributed by atoms with Crippen molar-refractivity contribution in [2.24, 2.45) is 0 Å². The third kappa shape index (κ3) is 2.34. The lowest BCUT2D eigenvalue weighted by Crippen LogP contribution is -2.28. The summed E-state index contributed by atoms with van der Waals surface area (Å²) in [5, 5.41) is 0. The number of hydrogen-bond donors (Lipinski definition) is 0. The molecular weight excluding hydrogens is 198 g/mol. The second kappa shape index (κ2) is 4.71. The molecule has 1 nitrogen and oxygen atoms in total. The molecule has 2 rings (SSSR count). The molecule has 0 aromatic heterocycles. The Hall–Kier alpha value is -0.960. The van der Waals surface area contributed by atoms with E-state index in [9.17, 15) is 8.78 Å². The number of alkyl halides is 2. The van der Waals surface area contributed by atoms with E-state index >= 15 is 0 Å². The average molecular weight is 214 g/mol. The summed E-state index contributed by atoms with van der Waals surface area (Å²) >= 11 is 0. The monoisotopic (exact) mass is 214 g/mol. The van der Waals surface area contributed by atoms with Crippen LogP contribution in [0, 0.1) is 6.92 Å². The summed E-state index contributed by atoms with van der Waals surface area (Å²) in [6.07, 6.45) is 0. The Balaban J connectivity index is 0.000000531. The van der Waals surface area contributed by atoms with Crippen LogP contribution in [0.4, 0.5) is 8.78 Å². The normalized spacial score (nSPS) is 17.4. The summed E-state index contributed by atoms with van der Waals surface area (Å²) in [4.78, 5) is 0. The number of aryl methyl sites for hydroxylation is 1. The number of benzene rings is 1. The smallest absolute Gasteiger partial charge is 0.296 e. The van der Waals surface area contributed by atoms with Gasteiger partial charge in [0.25, 0.3) is 5.92 Å². The van der Waals surface area contributed by atoms with Crippen molar-refractivity contribution in [1.82, 2.24) is 0 Å². The predicted octanol–water partition coefficient (Wildman–Crippen LogP) is 3.64. The molecule has 1 aliphatic rings. The molecule has 0 saturated heterocycles. The van der Waals surface area contributed by atoms with Crippen LogP contribution < -0.4 is 0 Å². The van der Waals surface area contributed by atoms with E-state index in [-0.39, 0.29) is 5.56 Å². The lowest BCUT2D eigenvalue weighted by Gasteiger charge is -2.26. The molecule has 0 saturated carbocycles. The number of hydrogen-bond acceptors (Lipinski definition) is 1. The van der Waals surface area contributed by atoms with E-state index in [0.29, 0.717) is 12.2 Å². The standard InChI is InChI=1S/C10H10F2O.C2H6/c1-7-3-2-4-9-8(7)5-13-6-10(9,11)12;1-2/h2-4H,5-6H2,1H3;1-2H3. The highest BCUT2D eigenvalue weighted by Gasteiger charge is 2.37. The van der Waals surface area contributed by atoms with Gasteiger partial charge in [0.1, 0.15) is 6.61 Å². The van der Waals surface area contributed by atoms with Crippen molar-refractivity contribution in [3.8, 4) is 0 Å². The summed E-state index contributed by atoms with van der Waals surface area (Å²) in [5.41, 5.74) is 1.63. The highest BCUT2D eigenvalue weighted by molar-refractivity contribution is 5.37. The van der Waals surface area contributed by atoms with E-state index in [0.717, 1.165) is 5.56 Å². The average Bonchev–Trinajstić information content (AvgIpc) is 2.22. The van der Waals surface area contributed by atoms with Gasteiger partial charge in [-0.1, -0.05) is 32.0 Å². The Morgan fingerprint density at radius 2 is 1.93 bits per heavy atom. The van der Waals surface area contributed by atoms with E-state index in [1.54, 1.807) is 6.07 Å². The summed E-state index contributed by atoms with van der Waals surface area (Å²) in [6.45, 7) is 5.63. The number of fused-ring (bicyclic) bond motifs is 1. The van der Waals surface area contributed by atoms with Crippen molar-refractivity contribution in [3.05, 3.63) is 34.9 Å². The first-order chi connectivity index (χ1) is 7.11. The highest BCUT2D eigenvalue weighted by Crippen LogP contribution is 2.36. The van der Waals surface area contributed by atoms with Crippen molar-refractivity contribution >= 4 is 0 Å². The maximum atomic E-state index is 13.3. The molecule has 0 aliphatic carbocycles. The van der Waals surface area contributed by atoms with Gasteiger partial charge in [0.2, 0.25) is 0 Å². The van der Waals surface area contributed by atoms with E-state index in [2.05, 4.69) is 0 Å². The zero-order valence-electron chi connectivity index (χ0n) is 9.31. The summed E-state index contributed by atoms with van der Waals surface area (Å²) in [6, 6.07) is 4.96. The van der Waals surface area contributed by atoms with Crippen molar-refractivity contribution in [2.45, 2.75) is 33.3 Å². The van der Waals surface area contributed by atoms with E-state index in [1.807, 2.05) is 26.8 Å². The van der Waals surface area contributed by atoms with Gasteiger partial charge in [-0.3, -0.25) is 0 Å². The fourth-order valence-electron chi connectivity index (χ4n) is 1.60. The first kappa shape index (κ1) is 12.1. The fraction of sp³-hybridized carbons (Fsp3) is 0.500. The molecule has 0 spiro atoms. The zero-order valence-corrected chi connectivity index (χ0v) is 9.31. The third-order valence-corrected chi connectivity index (χ3v) is 2.33. The second-order valence-electron chi connectivity index (χ2n) is 3.30. The predicted molar refractivity (Wildman–Crippen MR) is 56.1 cm³/mol. The molecule has 1 aromatic rings. The second-order valence-corrected chi connectivity index (χ2v) is 3.30. The number of halogens is 2. The van der Waals surface area contributed by atoms with Crippen molar-refractivity contribution in [2.75, 3.05) is 6.61 Å². The molecular formula is C12H16F2O. The van der Waals surface area contributed by atoms with Gasteiger partial charge in [0.15, 0.2) is 0 Å². The Kier molecular flexibility index (Phi) is 3.80. The quantitative estimate of drug-likeness (QED) is 0.640. The van der Waals surface area contributed by atoms with Gasteiger partial charge in [-0.05, 0) is 18.1 Å². The zero-order chi connectivity index (χ0) is 11.5. The van der Waals surface area contributed by atoms with Gasteiger partial charge in [-0.15, -0.1) is 0 Å². The maximum absolute atomic E-state index is 13.3. The van der Waals surface area contributed by atoms with Gasteiger partial charge in [0, 0.05) is 5.56 Å². The molecule has 0 amide bonds. The molecule has 0 N–H and O–H groups in total. The topological polar surface area (TPSA) is 9.23 Å². The third-order valence-electron chi connectivity index (χ3n) is 2.33. The molecule has 84 valence electrons. The molecule has 0 atom stereocenters. The van der Waals surface area contributed by atoms with Gasteiger partial charge in [-0.2, -0.15) is 8.78 Å². The molecule has 0 radical (unpaired) electrons. The van der Waals surface area contributed by atoms with Crippen LogP contribution in [-0.2, 0) is 17.3 Å². The van der Waals surface area contributed by atoms with Crippen LogP contribution in [0.2, 0.25) is 0 Å². The van der Waals surface area contributed by atoms with E-state index in [1.165, 1.54) is 6.07 Å². The van der Waals surface area contributed by atoms with Crippen LogP contribution in [-0.4, -0.2) is 6.61 Å². The van der Waals surface area contributed by atoms with Gasteiger partial charge >= 0.3 is 0 Å². The van der Waals surface area contributed by atoms with E-state index in [4.69, 9.17) is 4.74 Å². The minimum absolute atomic E-state index is 0.124. The van der Waals surface area contributed by atoms with Crippen LogP contribution in [0.5, 0.6) is 0 Å². The van der Waals surface area contributed by atoms with Crippen molar-refractivity contribution in [1.29, 1.82) is 0 Å². The number of rotatable bonds is 0. The van der Waals surface area contributed by atoms with Gasteiger partial charge in [0.05, 0.1) is 6.61 Å². The van der Waals surface area contributed by atoms with Gasteiger partial charge < -0.3 is 4.74 Å². The molecule has 15 heavy (non-hydrogen) atoms. The highest BCUT2D eigenvalue weighted by atomic mass is 19.3. The number of ether oxygens (including phenoxy) is 1. The first-order valence-electron chi connectivity index (χ1n) is 5.16. The maximum Gasteiger partial charge on any atom is 0.296 e. The van der Waals surface area contributed by atoms with Gasteiger partial charge in [-0.25, -0.2) is 0 Å². The molecule has 0 bridgehead atoms. The summed E-state index contributed by atoms with van der Waals surface area (Å²) < 4.78 is 31.3. The minimum atomic E-state index is -2.82. The van der Waals surface area contributed by atoms with Crippen LogP contribution in [0.1, 0.15) is 30.5 Å². The Labute approximate surface area is 89.1 Å². The molecule has 3 heteroatoms. The lowest BCUT2D eigenvalue weighted by atomic mass is 9.96. The molecule has 1 heterocycles. The van der Waals surface area contributed by atoms with Crippen LogP contribution in [0.25, 0.3) is 0 Å². The largest absolute Gasteiger partial charge is 0.370 e. The molecule has 0 unspecified atom stereocenters. The summed E-state index contributed by atoms with van der Waals surface area (Å²) in [7, 11) is 0. The van der Waals surface area contributed by atoms with Crippen molar-refractivity contribution < 1.29 is 13.5 Å². The van der Waals surface area contributed by atoms with Crippen LogP contribution in [0.3, 0.4) is 0 Å². The molecule has 1 aliphatic heterocycles. The minimum Gasteiger partial charge on any atom is -0.370 e. The Bertz CT molecular complexity index is 334. The first-order valence-corrected chi connectivity index (χ1v) is 5.16. The molecule has 0 fully saturated rings.